The Hall–Kier alpha value is -2.02. The number of hydrogen-bond donors (Lipinski definition) is 1. The molecule has 1 aliphatic heterocycles. The number of nitrogens with one attached hydrogen (secondary N) is 1. The van der Waals surface area contributed by atoms with Crippen LogP contribution in [0.2, 0.25) is 0 Å². The predicted molar refractivity (Wildman–Crippen MR) is 89.1 cm³/mol. The molecule has 2 rings (SSSR count). The molecule has 7 heteroatoms. The Kier molecular flexibility index (Phi) is 5.30. The Balaban J connectivity index is 2.60. The third kappa shape index (κ3) is 3.34. The quantitative estimate of drug-likeness (QED) is 0.812. The second-order valence-corrected chi connectivity index (χ2v) is 5.96. The largest absolute Gasteiger partial charge is 0.496 e. The van der Waals surface area contributed by atoms with Crippen LogP contribution in [0.1, 0.15) is 25.5 Å². The third-order valence-electron chi connectivity index (χ3n) is 3.75. The molecular formula is C16H19BrN2O4. The summed E-state index contributed by atoms with van der Waals surface area (Å²) in [7, 11) is 3.16. The number of benzene rings is 1. The number of carbonyl (C=O) groups excluding carboxylic acids is 2. The summed E-state index contributed by atoms with van der Waals surface area (Å²) in [5.41, 5.74) is 1.63. The first-order chi connectivity index (χ1) is 10.9. The number of ether oxygens (including phenoxy) is 2. The molecule has 0 aliphatic carbocycles. The van der Waals surface area contributed by atoms with Crippen LogP contribution in [0.5, 0.6) is 5.75 Å². The average Bonchev–Trinajstić information content (AvgIpc) is 2.52. The number of esters is 1. The van der Waals surface area contributed by atoms with Crippen LogP contribution in [0.4, 0.5) is 4.79 Å². The molecule has 0 radical (unpaired) electrons. The second-order valence-electron chi connectivity index (χ2n) is 5.05. The zero-order valence-corrected chi connectivity index (χ0v) is 15.1. The maximum Gasteiger partial charge on any atom is 0.338 e. The van der Waals surface area contributed by atoms with Gasteiger partial charge in [-0.3, -0.25) is 0 Å². The van der Waals surface area contributed by atoms with Gasteiger partial charge in [0.2, 0.25) is 0 Å². The number of urea groups is 1. The summed E-state index contributed by atoms with van der Waals surface area (Å²) in [4.78, 5) is 26.0. The van der Waals surface area contributed by atoms with Gasteiger partial charge in [0.1, 0.15) is 5.75 Å². The molecule has 23 heavy (non-hydrogen) atoms. The summed E-state index contributed by atoms with van der Waals surface area (Å²) in [5, 5.41) is 2.83. The van der Waals surface area contributed by atoms with E-state index in [1.807, 2.05) is 12.1 Å². The molecule has 0 spiro atoms. The smallest absolute Gasteiger partial charge is 0.338 e. The van der Waals surface area contributed by atoms with E-state index >= 15 is 0 Å². The van der Waals surface area contributed by atoms with E-state index in [2.05, 4.69) is 21.2 Å². The number of carbonyl (C=O) groups is 2. The van der Waals surface area contributed by atoms with Crippen LogP contribution >= 0.6 is 15.9 Å². The van der Waals surface area contributed by atoms with Crippen LogP contribution in [0.3, 0.4) is 0 Å². The fraction of sp³-hybridized carbons (Fsp3) is 0.375. The van der Waals surface area contributed by atoms with Crippen molar-refractivity contribution in [3.63, 3.8) is 0 Å². The van der Waals surface area contributed by atoms with E-state index in [0.29, 0.717) is 22.6 Å². The summed E-state index contributed by atoms with van der Waals surface area (Å²) in [6.45, 7) is 3.73. The van der Waals surface area contributed by atoms with Gasteiger partial charge in [-0.2, -0.15) is 0 Å². The Morgan fingerprint density at radius 3 is 2.74 bits per heavy atom. The number of allylic oxidation sites excluding steroid dienone is 1. The van der Waals surface area contributed by atoms with Crippen LogP contribution in [0.15, 0.2) is 33.9 Å². The van der Waals surface area contributed by atoms with E-state index in [-0.39, 0.29) is 12.6 Å². The lowest BCUT2D eigenvalue weighted by atomic mass is 9.94. The van der Waals surface area contributed by atoms with Crippen molar-refractivity contribution in [2.75, 3.05) is 20.8 Å². The third-order valence-corrected chi connectivity index (χ3v) is 4.25. The highest BCUT2D eigenvalue weighted by molar-refractivity contribution is 9.10. The minimum atomic E-state index is -0.634. The Labute approximate surface area is 143 Å². The van der Waals surface area contributed by atoms with Gasteiger partial charge in [0.05, 0.1) is 25.3 Å². The molecule has 0 aromatic heterocycles. The Bertz CT molecular complexity index is 672. The molecule has 1 aromatic carbocycles. The fourth-order valence-corrected chi connectivity index (χ4v) is 2.85. The first-order valence-electron chi connectivity index (χ1n) is 7.16. The highest BCUT2D eigenvalue weighted by Crippen LogP contribution is 2.36. The molecule has 6 nitrogen and oxygen atoms in total. The Morgan fingerprint density at radius 1 is 1.43 bits per heavy atom. The summed E-state index contributed by atoms with van der Waals surface area (Å²) in [6.07, 6.45) is 0. The van der Waals surface area contributed by atoms with Gasteiger partial charge < -0.3 is 19.7 Å². The standard InChI is InChI=1S/C16H19BrN2O4/c1-5-23-15(20)13-9(2)19(3)16(21)18-14(13)11-8-10(17)6-7-12(11)22-4/h6-8,14H,5H2,1-4H3,(H,18,21)/t14-/m0/s1. The first kappa shape index (κ1) is 17.3. The fourth-order valence-electron chi connectivity index (χ4n) is 2.47. The first-order valence-corrected chi connectivity index (χ1v) is 7.95. The predicted octanol–water partition coefficient (Wildman–Crippen LogP) is 2.99. The number of rotatable bonds is 4. The molecule has 0 fully saturated rings. The van der Waals surface area contributed by atoms with Gasteiger partial charge in [0, 0.05) is 22.8 Å². The van der Waals surface area contributed by atoms with Crippen molar-refractivity contribution >= 4 is 27.9 Å². The Morgan fingerprint density at radius 2 is 2.13 bits per heavy atom. The van der Waals surface area contributed by atoms with Crippen molar-refractivity contribution in [3.8, 4) is 5.75 Å². The van der Waals surface area contributed by atoms with E-state index in [9.17, 15) is 9.59 Å². The molecule has 124 valence electrons. The number of hydrogen-bond acceptors (Lipinski definition) is 4. The molecular weight excluding hydrogens is 364 g/mol. The highest BCUT2D eigenvalue weighted by atomic mass is 79.9. The lowest BCUT2D eigenvalue weighted by molar-refractivity contribution is -0.139. The summed E-state index contributed by atoms with van der Waals surface area (Å²) < 4.78 is 11.4. The SMILES string of the molecule is CCOC(=O)C1=C(C)N(C)C(=O)N[C@H]1c1cc(Br)ccc1OC. The molecule has 1 aromatic rings. The van der Waals surface area contributed by atoms with Crippen molar-refractivity contribution < 1.29 is 19.1 Å². The number of halogens is 1. The van der Waals surface area contributed by atoms with Crippen molar-refractivity contribution in [3.05, 3.63) is 39.5 Å². The van der Waals surface area contributed by atoms with Gasteiger partial charge in [-0.05, 0) is 32.0 Å². The molecule has 0 saturated heterocycles. The van der Waals surface area contributed by atoms with Crippen molar-refractivity contribution in [1.82, 2.24) is 10.2 Å². The molecule has 0 bridgehead atoms. The molecule has 0 saturated carbocycles. The van der Waals surface area contributed by atoms with E-state index in [0.717, 1.165) is 4.47 Å². The second kappa shape index (κ2) is 7.04. The lowest BCUT2D eigenvalue weighted by Crippen LogP contribution is -2.46. The van der Waals surface area contributed by atoms with E-state index < -0.39 is 12.0 Å². The van der Waals surface area contributed by atoms with Crippen LogP contribution in [0, 0.1) is 0 Å². The van der Waals surface area contributed by atoms with Crippen LogP contribution in [-0.4, -0.2) is 37.7 Å². The molecule has 2 amide bonds. The topological polar surface area (TPSA) is 67.9 Å². The van der Waals surface area contributed by atoms with Crippen molar-refractivity contribution in [2.45, 2.75) is 19.9 Å². The van der Waals surface area contributed by atoms with Crippen molar-refractivity contribution in [1.29, 1.82) is 0 Å². The maximum absolute atomic E-state index is 12.4. The molecule has 1 aliphatic rings. The normalized spacial score (nSPS) is 17.9. The average molecular weight is 383 g/mol. The van der Waals surface area contributed by atoms with Gasteiger partial charge in [-0.25, -0.2) is 9.59 Å². The zero-order chi connectivity index (χ0) is 17.1. The molecule has 1 heterocycles. The lowest BCUT2D eigenvalue weighted by Gasteiger charge is -2.33. The minimum absolute atomic E-state index is 0.260. The van der Waals surface area contributed by atoms with Gasteiger partial charge in [-0.1, -0.05) is 15.9 Å². The van der Waals surface area contributed by atoms with Crippen molar-refractivity contribution in [2.24, 2.45) is 0 Å². The molecule has 0 unspecified atom stereocenters. The number of nitrogens with zero attached hydrogens (tertiary/aromatic N) is 1. The van der Waals surface area contributed by atoms with E-state index in [1.54, 1.807) is 34.1 Å². The summed E-state index contributed by atoms with van der Waals surface area (Å²) in [5.74, 6) is 0.126. The number of methoxy groups -OCH3 is 1. The molecule has 1 N–H and O–H groups in total. The van der Waals surface area contributed by atoms with Crippen LogP contribution in [-0.2, 0) is 9.53 Å². The zero-order valence-electron chi connectivity index (χ0n) is 13.5. The van der Waals surface area contributed by atoms with Gasteiger partial charge in [0.15, 0.2) is 0 Å². The minimum Gasteiger partial charge on any atom is -0.496 e. The molecule has 1 atom stereocenters. The van der Waals surface area contributed by atoms with Gasteiger partial charge in [-0.15, -0.1) is 0 Å². The van der Waals surface area contributed by atoms with Crippen LogP contribution in [0.25, 0.3) is 0 Å². The maximum atomic E-state index is 12.4. The number of amides is 2. The summed E-state index contributed by atoms with van der Waals surface area (Å²) in [6, 6.07) is 4.51. The monoisotopic (exact) mass is 382 g/mol. The summed E-state index contributed by atoms with van der Waals surface area (Å²) >= 11 is 3.41. The van der Waals surface area contributed by atoms with Crippen LogP contribution < -0.4 is 10.1 Å². The van der Waals surface area contributed by atoms with E-state index in [4.69, 9.17) is 9.47 Å². The highest BCUT2D eigenvalue weighted by Gasteiger charge is 2.36. The van der Waals surface area contributed by atoms with Gasteiger partial charge >= 0.3 is 12.0 Å². The van der Waals surface area contributed by atoms with Gasteiger partial charge in [0.25, 0.3) is 0 Å². The van der Waals surface area contributed by atoms with E-state index in [1.165, 1.54) is 4.90 Å².